The van der Waals surface area contributed by atoms with Crippen LogP contribution in [0.15, 0.2) is 18.2 Å². The first-order valence-corrected chi connectivity index (χ1v) is 7.96. The minimum absolute atomic E-state index is 0.163. The smallest absolute Gasteiger partial charge is 0.150 e. The van der Waals surface area contributed by atoms with Crippen molar-refractivity contribution in [2.75, 3.05) is 12.0 Å². The molecule has 0 amide bonds. The normalized spacial score (nSPS) is 16.8. The Morgan fingerprint density at radius 3 is 2.71 bits per heavy atom. The molecule has 0 saturated carbocycles. The van der Waals surface area contributed by atoms with Gasteiger partial charge in [-0.3, -0.25) is 0 Å². The summed E-state index contributed by atoms with van der Waals surface area (Å²) in [4.78, 5) is 0. The van der Waals surface area contributed by atoms with Gasteiger partial charge in [-0.15, -0.1) is 0 Å². The number of aryl methyl sites for hydroxylation is 2. The number of hydrogen-bond acceptors (Lipinski definition) is 3. The van der Waals surface area contributed by atoms with E-state index in [0.29, 0.717) is 6.42 Å². The Bertz CT molecular complexity index is 505. The molecule has 0 fully saturated rings. The lowest BCUT2D eigenvalue weighted by Crippen LogP contribution is -2.22. The molecule has 0 bridgehead atoms. The Morgan fingerprint density at radius 1 is 1.29 bits per heavy atom. The van der Waals surface area contributed by atoms with Crippen LogP contribution in [0.1, 0.15) is 23.1 Å². The van der Waals surface area contributed by atoms with Crippen LogP contribution >= 0.6 is 0 Å². The number of aliphatic hydroxyl groups excluding tert-OH is 1. The zero-order valence-corrected chi connectivity index (χ0v) is 10.8. The molecule has 1 N–H and O–H groups in total. The largest absolute Gasteiger partial charge is 0.392 e. The van der Waals surface area contributed by atoms with Gasteiger partial charge in [-0.25, -0.2) is 8.42 Å². The van der Waals surface area contributed by atoms with Crippen molar-refractivity contribution in [1.29, 1.82) is 0 Å². The molecule has 1 unspecified atom stereocenters. The van der Waals surface area contributed by atoms with Gasteiger partial charge in [-0.1, -0.05) is 18.2 Å². The van der Waals surface area contributed by atoms with Crippen LogP contribution in [0.2, 0.25) is 0 Å². The predicted octanol–water partition coefficient (Wildman–Crippen LogP) is 1.12. The molecule has 2 rings (SSSR count). The molecule has 4 heteroatoms. The minimum atomic E-state index is -3.10. The third-order valence-corrected chi connectivity index (χ3v) is 4.12. The number of rotatable bonds is 4. The van der Waals surface area contributed by atoms with Gasteiger partial charge in [0.2, 0.25) is 0 Å². The maximum atomic E-state index is 11.1. The zero-order valence-electron chi connectivity index (χ0n) is 10.0. The highest BCUT2D eigenvalue weighted by Crippen LogP contribution is 2.23. The van der Waals surface area contributed by atoms with Gasteiger partial charge in [0, 0.05) is 6.26 Å². The van der Waals surface area contributed by atoms with Crippen molar-refractivity contribution in [3.63, 3.8) is 0 Å². The zero-order chi connectivity index (χ0) is 12.5. The van der Waals surface area contributed by atoms with Crippen molar-refractivity contribution in [3.8, 4) is 0 Å². The fraction of sp³-hybridized carbons (Fsp3) is 0.538. The maximum absolute atomic E-state index is 11.1. The Balaban J connectivity index is 2.04. The number of hydrogen-bond donors (Lipinski definition) is 1. The van der Waals surface area contributed by atoms with E-state index in [1.54, 1.807) is 0 Å². The Hall–Kier alpha value is -0.870. The van der Waals surface area contributed by atoms with Gasteiger partial charge in [0.1, 0.15) is 9.84 Å². The van der Waals surface area contributed by atoms with Crippen LogP contribution in [0.25, 0.3) is 0 Å². The molecule has 0 spiro atoms. The van der Waals surface area contributed by atoms with E-state index >= 15 is 0 Å². The lowest BCUT2D eigenvalue weighted by molar-refractivity contribution is 0.198. The highest BCUT2D eigenvalue weighted by Gasteiger charge is 2.15. The molecule has 1 aromatic rings. The van der Waals surface area contributed by atoms with Crippen LogP contribution in [-0.4, -0.2) is 31.6 Å². The Morgan fingerprint density at radius 2 is 2.00 bits per heavy atom. The van der Waals surface area contributed by atoms with Crippen molar-refractivity contribution < 1.29 is 13.5 Å². The van der Waals surface area contributed by atoms with Crippen molar-refractivity contribution in [3.05, 3.63) is 34.9 Å². The van der Waals surface area contributed by atoms with E-state index in [9.17, 15) is 13.5 Å². The van der Waals surface area contributed by atoms with E-state index in [0.717, 1.165) is 24.7 Å². The second kappa shape index (κ2) is 4.78. The molecule has 0 saturated heterocycles. The maximum Gasteiger partial charge on any atom is 0.150 e. The van der Waals surface area contributed by atoms with Gasteiger partial charge in [0.15, 0.2) is 0 Å². The van der Waals surface area contributed by atoms with Crippen molar-refractivity contribution in [1.82, 2.24) is 0 Å². The summed E-state index contributed by atoms with van der Waals surface area (Å²) >= 11 is 0. The highest BCUT2D eigenvalue weighted by molar-refractivity contribution is 7.90. The van der Waals surface area contributed by atoms with Gasteiger partial charge in [0.25, 0.3) is 0 Å². The molecule has 1 aliphatic carbocycles. The molecular weight excluding hydrogens is 236 g/mol. The van der Waals surface area contributed by atoms with Crippen LogP contribution in [-0.2, 0) is 29.1 Å². The molecule has 0 aromatic heterocycles. The van der Waals surface area contributed by atoms with Crippen molar-refractivity contribution >= 4 is 9.84 Å². The lowest BCUT2D eigenvalue weighted by atomic mass is 10.0. The van der Waals surface area contributed by atoms with E-state index in [4.69, 9.17) is 0 Å². The summed E-state index contributed by atoms with van der Waals surface area (Å²) in [5.41, 5.74) is 3.78. The second-order valence-corrected chi connectivity index (χ2v) is 7.09. The molecule has 1 atom stereocenters. The first-order chi connectivity index (χ1) is 7.94. The van der Waals surface area contributed by atoms with Crippen LogP contribution in [0.4, 0.5) is 0 Å². The number of fused-ring (bicyclic) bond motifs is 1. The summed E-state index contributed by atoms with van der Waals surface area (Å²) in [5, 5.41) is 9.71. The molecule has 3 nitrogen and oxygen atoms in total. The summed E-state index contributed by atoms with van der Waals surface area (Å²) in [5.74, 6) is -0.163. The summed E-state index contributed by atoms with van der Waals surface area (Å²) in [6.07, 6.45) is 4.21. The van der Waals surface area contributed by atoms with Crippen LogP contribution in [0, 0.1) is 0 Å². The van der Waals surface area contributed by atoms with E-state index in [1.165, 1.54) is 17.5 Å². The summed E-state index contributed by atoms with van der Waals surface area (Å²) in [7, 11) is -3.10. The minimum Gasteiger partial charge on any atom is -0.392 e. The number of sulfone groups is 1. The fourth-order valence-electron chi connectivity index (χ4n) is 2.43. The Labute approximate surface area is 102 Å². The highest BCUT2D eigenvalue weighted by atomic mass is 32.2. The van der Waals surface area contributed by atoms with Gasteiger partial charge >= 0.3 is 0 Å². The number of benzene rings is 1. The topological polar surface area (TPSA) is 54.4 Å². The molecule has 1 aromatic carbocycles. The van der Waals surface area contributed by atoms with Gasteiger partial charge in [-0.2, -0.15) is 0 Å². The third-order valence-electron chi connectivity index (χ3n) is 3.13. The van der Waals surface area contributed by atoms with Crippen LogP contribution < -0.4 is 0 Å². The van der Waals surface area contributed by atoms with Crippen molar-refractivity contribution in [2.24, 2.45) is 0 Å². The SMILES string of the molecule is CS(=O)(=O)CC(O)Cc1ccc2c(c1)CCC2. The van der Waals surface area contributed by atoms with Gasteiger partial charge in [0.05, 0.1) is 11.9 Å². The summed E-state index contributed by atoms with van der Waals surface area (Å²) < 4.78 is 22.1. The van der Waals surface area contributed by atoms with E-state index in [-0.39, 0.29) is 5.75 Å². The van der Waals surface area contributed by atoms with Crippen LogP contribution in [0.3, 0.4) is 0 Å². The molecule has 0 aliphatic heterocycles. The molecule has 17 heavy (non-hydrogen) atoms. The number of aliphatic hydroxyl groups is 1. The summed E-state index contributed by atoms with van der Waals surface area (Å²) in [6, 6.07) is 6.20. The predicted molar refractivity (Wildman–Crippen MR) is 67.9 cm³/mol. The molecule has 0 radical (unpaired) electrons. The monoisotopic (exact) mass is 254 g/mol. The van der Waals surface area contributed by atoms with E-state index in [2.05, 4.69) is 12.1 Å². The molecule has 0 heterocycles. The third kappa shape index (κ3) is 3.54. The van der Waals surface area contributed by atoms with E-state index < -0.39 is 15.9 Å². The van der Waals surface area contributed by atoms with E-state index in [1.807, 2.05) is 6.07 Å². The summed E-state index contributed by atoms with van der Waals surface area (Å²) in [6.45, 7) is 0. The first kappa shape index (κ1) is 12.6. The Kier molecular flexibility index (Phi) is 3.54. The molecular formula is C13H18O3S. The quantitative estimate of drug-likeness (QED) is 0.876. The second-order valence-electron chi connectivity index (χ2n) is 4.91. The molecule has 1 aliphatic rings. The average Bonchev–Trinajstić information content (AvgIpc) is 2.61. The fourth-order valence-corrected chi connectivity index (χ4v) is 3.25. The lowest BCUT2D eigenvalue weighted by Gasteiger charge is -2.10. The van der Waals surface area contributed by atoms with Crippen molar-refractivity contribution in [2.45, 2.75) is 31.8 Å². The standard InChI is InChI=1S/C13H18O3S/c1-17(15,16)9-13(14)8-10-5-6-11-3-2-4-12(11)7-10/h5-7,13-14H,2-4,8-9H2,1H3. The first-order valence-electron chi connectivity index (χ1n) is 5.90. The molecule has 94 valence electrons. The average molecular weight is 254 g/mol. The van der Waals surface area contributed by atoms with Crippen LogP contribution in [0.5, 0.6) is 0 Å². The van der Waals surface area contributed by atoms with Gasteiger partial charge < -0.3 is 5.11 Å². The van der Waals surface area contributed by atoms with Gasteiger partial charge in [-0.05, 0) is 42.4 Å².